The SMILES string of the molecule is CCCC(C)(N)CC(C)CC.O=C(O)/C=C/C(=O)O. The van der Waals surface area contributed by atoms with Gasteiger partial charge < -0.3 is 15.9 Å². The van der Waals surface area contributed by atoms with Gasteiger partial charge in [0.15, 0.2) is 0 Å². The Kier molecular flexibility index (Phi) is 11.1. The highest BCUT2D eigenvalue weighted by Gasteiger charge is 2.19. The van der Waals surface area contributed by atoms with Crippen LogP contribution in [0.2, 0.25) is 0 Å². The van der Waals surface area contributed by atoms with Crippen molar-refractivity contribution in [1.82, 2.24) is 0 Å². The minimum atomic E-state index is -1.26. The van der Waals surface area contributed by atoms with E-state index in [-0.39, 0.29) is 5.54 Å². The second-order valence-electron chi connectivity index (χ2n) is 5.13. The lowest BCUT2D eigenvalue weighted by atomic mass is 9.86. The molecule has 19 heavy (non-hydrogen) atoms. The van der Waals surface area contributed by atoms with E-state index in [2.05, 4.69) is 27.7 Å². The standard InChI is InChI=1S/C10H23N.C4H4O4/c1-5-7-10(4,11)8-9(3)6-2;5-3(6)1-2-4(7)8/h9H,5-8,11H2,1-4H3;1-2H,(H,5,6)(H,7,8)/b;2-1+. The fraction of sp³-hybridized carbons (Fsp3) is 0.714. The van der Waals surface area contributed by atoms with Gasteiger partial charge in [-0.1, -0.05) is 33.6 Å². The molecule has 112 valence electrons. The maximum Gasteiger partial charge on any atom is 0.328 e. The van der Waals surface area contributed by atoms with Gasteiger partial charge in [0.2, 0.25) is 0 Å². The zero-order chi connectivity index (χ0) is 15.5. The van der Waals surface area contributed by atoms with E-state index in [0.717, 1.165) is 18.8 Å². The summed E-state index contributed by atoms with van der Waals surface area (Å²) in [5, 5.41) is 15.6. The first-order valence-electron chi connectivity index (χ1n) is 6.57. The van der Waals surface area contributed by atoms with Crippen molar-refractivity contribution in [1.29, 1.82) is 0 Å². The highest BCUT2D eigenvalue weighted by atomic mass is 16.4. The smallest absolute Gasteiger partial charge is 0.328 e. The first-order valence-corrected chi connectivity index (χ1v) is 6.57. The predicted octanol–water partition coefficient (Wildman–Crippen LogP) is 2.65. The summed E-state index contributed by atoms with van der Waals surface area (Å²) in [4.78, 5) is 19.1. The molecule has 4 N–H and O–H groups in total. The number of rotatable bonds is 7. The van der Waals surface area contributed by atoms with Gasteiger partial charge in [-0.25, -0.2) is 9.59 Å². The summed E-state index contributed by atoms with van der Waals surface area (Å²) in [7, 11) is 0. The third-order valence-corrected chi connectivity index (χ3v) is 2.70. The summed E-state index contributed by atoms with van der Waals surface area (Å²) in [6.07, 6.45) is 5.87. The molecule has 0 fully saturated rings. The molecule has 0 aliphatic carbocycles. The lowest BCUT2D eigenvalue weighted by Crippen LogP contribution is -2.37. The molecule has 5 nitrogen and oxygen atoms in total. The average molecular weight is 273 g/mol. The molecule has 0 radical (unpaired) electrons. The molecule has 2 atom stereocenters. The summed E-state index contributed by atoms with van der Waals surface area (Å²) in [6, 6.07) is 0. The van der Waals surface area contributed by atoms with Gasteiger partial charge in [-0.05, 0) is 25.7 Å². The Hall–Kier alpha value is -1.36. The van der Waals surface area contributed by atoms with Gasteiger partial charge in [0.05, 0.1) is 0 Å². The first kappa shape index (κ1) is 20.0. The lowest BCUT2D eigenvalue weighted by Gasteiger charge is -2.27. The number of carbonyl (C=O) groups is 2. The van der Waals surface area contributed by atoms with E-state index in [0.29, 0.717) is 12.2 Å². The quantitative estimate of drug-likeness (QED) is 0.619. The Morgan fingerprint density at radius 1 is 1.21 bits per heavy atom. The van der Waals surface area contributed by atoms with E-state index in [1.54, 1.807) is 0 Å². The van der Waals surface area contributed by atoms with Crippen LogP contribution in [0.3, 0.4) is 0 Å². The number of carboxylic acid groups (broad SMARTS) is 2. The highest BCUT2D eigenvalue weighted by Crippen LogP contribution is 2.20. The molecule has 5 heteroatoms. The van der Waals surface area contributed by atoms with Gasteiger partial charge in [-0.2, -0.15) is 0 Å². The van der Waals surface area contributed by atoms with Crippen LogP contribution in [0.4, 0.5) is 0 Å². The summed E-state index contributed by atoms with van der Waals surface area (Å²) in [6.45, 7) is 8.87. The Morgan fingerprint density at radius 2 is 1.63 bits per heavy atom. The fourth-order valence-corrected chi connectivity index (χ4v) is 1.76. The molecular weight excluding hydrogens is 246 g/mol. The van der Waals surface area contributed by atoms with Gasteiger partial charge in [0.25, 0.3) is 0 Å². The van der Waals surface area contributed by atoms with E-state index in [1.165, 1.54) is 12.8 Å². The van der Waals surface area contributed by atoms with Crippen molar-refractivity contribution < 1.29 is 19.8 Å². The average Bonchev–Trinajstić information content (AvgIpc) is 2.26. The predicted molar refractivity (Wildman–Crippen MR) is 76.0 cm³/mol. The van der Waals surface area contributed by atoms with Crippen molar-refractivity contribution in [3.8, 4) is 0 Å². The molecule has 0 aromatic rings. The number of nitrogens with two attached hydrogens (primary N) is 1. The van der Waals surface area contributed by atoms with Crippen molar-refractivity contribution in [2.24, 2.45) is 11.7 Å². The topological polar surface area (TPSA) is 101 Å². The highest BCUT2D eigenvalue weighted by molar-refractivity contribution is 5.89. The van der Waals surface area contributed by atoms with Crippen LogP contribution in [-0.2, 0) is 9.59 Å². The first-order chi connectivity index (χ1) is 8.64. The van der Waals surface area contributed by atoms with Crippen molar-refractivity contribution in [3.63, 3.8) is 0 Å². The van der Waals surface area contributed by atoms with Crippen LogP contribution < -0.4 is 5.73 Å². The zero-order valence-electron chi connectivity index (χ0n) is 12.3. The Labute approximate surface area is 115 Å². The fourth-order valence-electron chi connectivity index (χ4n) is 1.76. The molecular formula is C14H27NO4. The Bertz CT molecular complexity index is 282. The molecule has 0 aromatic heterocycles. The maximum absolute atomic E-state index is 9.55. The Balaban J connectivity index is 0. The van der Waals surface area contributed by atoms with Crippen molar-refractivity contribution in [2.45, 2.75) is 58.9 Å². The van der Waals surface area contributed by atoms with Gasteiger partial charge in [-0.15, -0.1) is 0 Å². The monoisotopic (exact) mass is 273 g/mol. The van der Waals surface area contributed by atoms with Crippen LogP contribution in [0.1, 0.15) is 53.4 Å². The summed E-state index contributed by atoms with van der Waals surface area (Å²) >= 11 is 0. The van der Waals surface area contributed by atoms with Crippen molar-refractivity contribution in [3.05, 3.63) is 12.2 Å². The molecule has 2 unspecified atom stereocenters. The zero-order valence-corrected chi connectivity index (χ0v) is 12.3. The number of hydrogen-bond acceptors (Lipinski definition) is 3. The van der Waals surface area contributed by atoms with Crippen LogP contribution in [0.25, 0.3) is 0 Å². The van der Waals surface area contributed by atoms with Crippen LogP contribution in [0.15, 0.2) is 12.2 Å². The van der Waals surface area contributed by atoms with Crippen LogP contribution in [0, 0.1) is 5.92 Å². The van der Waals surface area contributed by atoms with Crippen molar-refractivity contribution in [2.75, 3.05) is 0 Å². The molecule has 0 rings (SSSR count). The molecule has 0 aliphatic heterocycles. The third-order valence-electron chi connectivity index (χ3n) is 2.70. The third kappa shape index (κ3) is 16.6. The lowest BCUT2D eigenvalue weighted by molar-refractivity contribution is -0.134. The van der Waals surface area contributed by atoms with Crippen LogP contribution in [-0.4, -0.2) is 27.7 Å². The number of hydrogen-bond donors (Lipinski definition) is 3. The maximum atomic E-state index is 9.55. The largest absolute Gasteiger partial charge is 0.478 e. The Morgan fingerprint density at radius 3 is 1.89 bits per heavy atom. The van der Waals surface area contributed by atoms with Crippen molar-refractivity contribution >= 4 is 11.9 Å². The molecule has 0 aromatic carbocycles. The summed E-state index contributed by atoms with van der Waals surface area (Å²) in [5.41, 5.74) is 6.18. The van der Waals surface area contributed by atoms with Crippen LogP contribution in [0.5, 0.6) is 0 Å². The second-order valence-corrected chi connectivity index (χ2v) is 5.13. The molecule has 0 amide bonds. The van der Waals surface area contributed by atoms with E-state index < -0.39 is 11.9 Å². The molecule has 0 bridgehead atoms. The van der Waals surface area contributed by atoms with E-state index in [9.17, 15) is 9.59 Å². The van der Waals surface area contributed by atoms with E-state index >= 15 is 0 Å². The minimum absolute atomic E-state index is 0.0736. The minimum Gasteiger partial charge on any atom is -0.478 e. The normalized spacial score (nSPS) is 15.2. The van der Waals surface area contributed by atoms with Gasteiger partial charge in [-0.3, -0.25) is 0 Å². The van der Waals surface area contributed by atoms with E-state index in [1.807, 2.05) is 0 Å². The number of aliphatic carboxylic acids is 2. The molecule has 0 aliphatic rings. The molecule has 0 spiro atoms. The summed E-state index contributed by atoms with van der Waals surface area (Å²) in [5.74, 6) is -1.74. The van der Waals surface area contributed by atoms with Crippen LogP contribution >= 0.6 is 0 Å². The van der Waals surface area contributed by atoms with Gasteiger partial charge in [0.1, 0.15) is 0 Å². The van der Waals surface area contributed by atoms with Gasteiger partial charge >= 0.3 is 11.9 Å². The molecule has 0 saturated heterocycles. The second kappa shape index (κ2) is 10.6. The molecule has 0 saturated carbocycles. The summed E-state index contributed by atoms with van der Waals surface area (Å²) < 4.78 is 0. The van der Waals surface area contributed by atoms with Gasteiger partial charge in [0, 0.05) is 17.7 Å². The van der Waals surface area contributed by atoms with E-state index in [4.69, 9.17) is 15.9 Å². The molecule has 0 heterocycles. The number of carboxylic acids is 2.